The van der Waals surface area contributed by atoms with Gasteiger partial charge < -0.3 is 10.5 Å². The van der Waals surface area contributed by atoms with E-state index in [0.717, 1.165) is 6.42 Å². The molecule has 0 saturated heterocycles. The summed E-state index contributed by atoms with van der Waals surface area (Å²) in [6.45, 7) is 2.33. The zero-order valence-electron chi connectivity index (χ0n) is 11.7. The highest BCUT2D eigenvalue weighted by Crippen LogP contribution is 2.23. The lowest BCUT2D eigenvalue weighted by atomic mass is 10.3. The van der Waals surface area contributed by atoms with Crippen LogP contribution in [0.3, 0.4) is 0 Å². The molecule has 0 bridgehead atoms. The van der Waals surface area contributed by atoms with E-state index >= 15 is 0 Å². The van der Waals surface area contributed by atoms with E-state index in [0.29, 0.717) is 23.7 Å². The third-order valence-electron chi connectivity index (χ3n) is 2.79. The summed E-state index contributed by atoms with van der Waals surface area (Å²) in [6, 6.07) is 13.3. The molecule has 0 aliphatic rings. The maximum absolute atomic E-state index is 11.9. The molecule has 0 aliphatic carbocycles. The molecule has 2 aromatic rings. The van der Waals surface area contributed by atoms with E-state index < -0.39 is 10.0 Å². The SMILES string of the molecule is CCCNS(=O)(=O)c1ccc(Oc2ccc(N)cc2)cc1. The minimum atomic E-state index is -3.44. The van der Waals surface area contributed by atoms with Crippen LogP contribution in [0.25, 0.3) is 0 Å². The lowest BCUT2D eigenvalue weighted by Gasteiger charge is -2.08. The largest absolute Gasteiger partial charge is 0.457 e. The van der Waals surface area contributed by atoms with Crippen LogP contribution in [-0.2, 0) is 10.0 Å². The van der Waals surface area contributed by atoms with E-state index in [1.165, 1.54) is 12.1 Å². The zero-order chi connectivity index (χ0) is 15.3. The molecular weight excluding hydrogens is 288 g/mol. The van der Waals surface area contributed by atoms with Crippen LogP contribution < -0.4 is 15.2 Å². The van der Waals surface area contributed by atoms with Crippen molar-refractivity contribution in [2.75, 3.05) is 12.3 Å². The Morgan fingerprint density at radius 1 is 1.00 bits per heavy atom. The predicted molar refractivity (Wildman–Crippen MR) is 82.8 cm³/mol. The van der Waals surface area contributed by atoms with Gasteiger partial charge in [-0.2, -0.15) is 0 Å². The fourth-order valence-electron chi connectivity index (χ4n) is 1.68. The summed E-state index contributed by atoms with van der Waals surface area (Å²) in [6.07, 6.45) is 0.748. The van der Waals surface area contributed by atoms with Crippen molar-refractivity contribution in [1.29, 1.82) is 0 Å². The number of nitrogens with one attached hydrogen (secondary N) is 1. The summed E-state index contributed by atoms with van der Waals surface area (Å²) in [5.41, 5.74) is 6.26. The van der Waals surface area contributed by atoms with Gasteiger partial charge in [0.25, 0.3) is 0 Å². The smallest absolute Gasteiger partial charge is 0.240 e. The molecule has 0 amide bonds. The molecule has 0 saturated carbocycles. The van der Waals surface area contributed by atoms with Crippen LogP contribution in [0.1, 0.15) is 13.3 Å². The van der Waals surface area contributed by atoms with Crippen LogP contribution in [-0.4, -0.2) is 15.0 Å². The molecule has 0 aromatic heterocycles. The Hall–Kier alpha value is -2.05. The van der Waals surface area contributed by atoms with Crippen LogP contribution in [0.4, 0.5) is 5.69 Å². The lowest BCUT2D eigenvalue weighted by Crippen LogP contribution is -2.24. The van der Waals surface area contributed by atoms with Crippen LogP contribution in [0.15, 0.2) is 53.4 Å². The molecule has 3 N–H and O–H groups in total. The van der Waals surface area contributed by atoms with E-state index in [9.17, 15) is 8.42 Å². The third-order valence-corrected chi connectivity index (χ3v) is 4.27. The summed E-state index contributed by atoms with van der Waals surface area (Å²) >= 11 is 0. The fraction of sp³-hybridized carbons (Fsp3) is 0.200. The van der Waals surface area contributed by atoms with Crippen molar-refractivity contribution in [2.45, 2.75) is 18.2 Å². The van der Waals surface area contributed by atoms with Gasteiger partial charge >= 0.3 is 0 Å². The first-order chi connectivity index (χ1) is 10.0. The second-order valence-corrected chi connectivity index (χ2v) is 6.31. The van der Waals surface area contributed by atoms with Crippen molar-refractivity contribution >= 4 is 15.7 Å². The molecule has 0 fully saturated rings. The Balaban J connectivity index is 2.10. The van der Waals surface area contributed by atoms with Gasteiger partial charge in [-0.25, -0.2) is 13.1 Å². The summed E-state index contributed by atoms with van der Waals surface area (Å²) in [5, 5.41) is 0. The van der Waals surface area contributed by atoms with Crippen molar-refractivity contribution in [3.63, 3.8) is 0 Å². The molecule has 6 heteroatoms. The second kappa shape index (κ2) is 6.60. The number of benzene rings is 2. The predicted octanol–water partition coefficient (Wildman–Crippen LogP) is 2.75. The Morgan fingerprint density at radius 2 is 1.52 bits per heavy atom. The van der Waals surface area contributed by atoms with E-state index in [4.69, 9.17) is 10.5 Å². The maximum atomic E-state index is 11.9. The quantitative estimate of drug-likeness (QED) is 0.804. The van der Waals surface area contributed by atoms with Gasteiger partial charge in [-0.15, -0.1) is 0 Å². The lowest BCUT2D eigenvalue weighted by molar-refractivity contribution is 0.482. The standard InChI is InChI=1S/C15H18N2O3S/c1-2-11-17-21(18,19)15-9-7-14(8-10-15)20-13-5-3-12(16)4-6-13/h3-10,17H,2,11,16H2,1H3. The molecule has 0 spiro atoms. The molecule has 0 atom stereocenters. The monoisotopic (exact) mass is 306 g/mol. The second-order valence-electron chi connectivity index (χ2n) is 4.54. The molecule has 2 aromatic carbocycles. The van der Waals surface area contributed by atoms with Gasteiger partial charge in [0.1, 0.15) is 11.5 Å². The number of ether oxygens (including phenoxy) is 1. The first kappa shape index (κ1) is 15.3. The summed E-state index contributed by atoms with van der Waals surface area (Å²) < 4.78 is 32.0. The van der Waals surface area contributed by atoms with Gasteiger partial charge in [-0.05, 0) is 55.0 Å². The van der Waals surface area contributed by atoms with E-state index in [-0.39, 0.29) is 4.90 Å². The Morgan fingerprint density at radius 3 is 2.05 bits per heavy atom. The number of hydrogen-bond acceptors (Lipinski definition) is 4. The van der Waals surface area contributed by atoms with Crippen LogP contribution in [0.2, 0.25) is 0 Å². The third kappa shape index (κ3) is 4.21. The highest BCUT2D eigenvalue weighted by molar-refractivity contribution is 7.89. The number of nitrogens with two attached hydrogens (primary N) is 1. The summed E-state index contributed by atoms with van der Waals surface area (Å²) in [5.74, 6) is 1.21. The van der Waals surface area contributed by atoms with E-state index in [1.54, 1.807) is 36.4 Å². The highest BCUT2D eigenvalue weighted by Gasteiger charge is 2.12. The van der Waals surface area contributed by atoms with Crippen LogP contribution in [0, 0.1) is 0 Å². The van der Waals surface area contributed by atoms with Crippen molar-refractivity contribution in [1.82, 2.24) is 4.72 Å². The zero-order valence-corrected chi connectivity index (χ0v) is 12.6. The summed E-state index contributed by atoms with van der Waals surface area (Å²) in [7, 11) is -3.44. The Bertz CT molecular complexity index is 680. The van der Waals surface area contributed by atoms with E-state index in [1.807, 2.05) is 6.92 Å². The van der Waals surface area contributed by atoms with Gasteiger partial charge in [0, 0.05) is 12.2 Å². The molecule has 0 unspecified atom stereocenters. The average Bonchev–Trinajstić information content (AvgIpc) is 2.48. The van der Waals surface area contributed by atoms with Gasteiger partial charge in [-0.1, -0.05) is 6.92 Å². The van der Waals surface area contributed by atoms with Gasteiger partial charge in [0.2, 0.25) is 10.0 Å². The van der Waals surface area contributed by atoms with Gasteiger partial charge in [-0.3, -0.25) is 0 Å². The first-order valence-corrected chi connectivity index (χ1v) is 8.13. The molecule has 21 heavy (non-hydrogen) atoms. The van der Waals surface area contributed by atoms with Crippen molar-refractivity contribution < 1.29 is 13.2 Å². The molecule has 0 radical (unpaired) electrons. The van der Waals surface area contributed by atoms with E-state index in [2.05, 4.69) is 4.72 Å². The molecule has 112 valence electrons. The van der Waals surface area contributed by atoms with Gasteiger partial charge in [0.15, 0.2) is 0 Å². The number of sulfonamides is 1. The van der Waals surface area contributed by atoms with Gasteiger partial charge in [0.05, 0.1) is 4.90 Å². The number of rotatable bonds is 6. The molecule has 0 heterocycles. The maximum Gasteiger partial charge on any atom is 0.240 e. The number of anilines is 1. The van der Waals surface area contributed by atoms with Crippen molar-refractivity contribution in [2.24, 2.45) is 0 Å². The Labute approximate surface area is 124 Å². The van der Waals surface area contributed by atoms with Crippen molar-refractivity contribution in [3.05, 3.63) is 48.5 Å². The molecule has 5 nitrogen and oxygen atoms in total. The minimum Gasteiger partial charge on any atom is -0.457 e. The fourth-order valence-corrected chi connectivity index (χ4v) is 2.81. The molecule has 2 rings (SSSR count). The van der Waals surface area contributed by atoms with Crippen molar-refractivity contribution in [3.8, 4) is 11.5 Å². The van der Waals surface area contributed by atoms with Crippen LogP contribution >= 0.6 is 0 Å². The summed E-state index contributed by atoms with van der Waals surface area (Å²) in [4.78, 5) is 0.223. The topological polar surface area (TPSA) is 81.4 Å². The first-order valence-electron chi connectivity index (χ1n) is 6.64. The Kier molecular flexibility index (Phi) is 4.82. The normalized spacial score (nSPS) is 11.3. The minimum absolute atomic E-state index is 0.223. The number of hydrogen-bond donors (Lipinski definition) is 2. The number of nitrogen functional groups attached to an aromatic ring is 1. The molecular formula is C15H18N2O3S. The van der Waals surface area contributed by atoms with Crippen LogP contribution in [0.5, 0.6) is 11.5 Å². The molecule has 0 aliphatic heterocycles. The average molecular weight is 306 g/mol. The highest BCUT2D eigenvalue weighted by atomic mass is 32.2.